The zero-order chi connectivity index (χ0) is 18.4. The lowest BCUT2D eigenvalue weighted by molar-refractivity contribution is 0.0980. The quantitative estimate of drug-likeness (QED) is 0.605. The van der Waals surface area contributed by atoms with Crippen molar-refractivity contribution in [2.24, 2.45) is 12.1 Å². The summed E-state index contributed by atoms with van der Waals surface area (Å²) in [4.78, 5) is 33.9. The lowest BCUT2D eigenvalue weighted by atomic mass is 10.3. The standard InChI is InChI=1S/C16H20N6O3/c1-5-22(12-7-6-8-17-9-12)15(23)13-10-18-14(20(13)2)11-19-21(3)16(24)25-4/h6-11H,5H2,1-4H3. The van der Waals surface area contributed by atoms with Gasteiger partial charge in [-0.05, 0) is 19.1 Å². The third-order valence-electron chi connectivity index (χ3n) is 3.55. The molecule has 0 saturated heterocycles. The van der Waals surface area contributed by atoms with Crippen molar-refractivity contribution in [2.75, 3.05) is 25.6 Å². The van der Waals surface area contributed by atoms with Crippen LogP contribution < -0.4 is 4.90 Å². The average molecular weight is 344 g/mol. The first-order chi connectivity index (χ1) is 12.0. The van der Waals surface area contributed by atoms with Gasteiger partial charge >= 0.3 is 6.09 Å². The van der Waals surface area contributed by atoms with Crippen molar-refractivity contribution in [2.45, 2.75) is 6.92 Å². The minimum atomic E-state index is -0.601. The molecule has 0 atom stereocenters. The van der Waals surface area contributed by atoms with E-state index in [1.807, 2.05) is 13.0 Å². The van der Waals surface area contributed by atoms with E-state index in [9.17, 15) is 9.59 Å². The number of hydrogen-bond donors (Lipinski definition) is 0. The molecule has 9 heteroatoms. The summed E-state index contributed by atoms with van der Waals surface area (Å²) in [5, 5.41) is 4.97. The third kappa shape index (κ3) is 4.00. The molecule has 0 aliphatic heterocycles. The number of methoxy groups -OCH3 is 1. The molecule has 2 rings (SSSR count). The molecule has 0 N–H and O–H groups in total. The highest BCUT2D eigenvalue weighted by Crippen LogP contribution is 2.15. The Morgan fingerprint density at radius 2 is 2.16 bits per heavy atom. The Morgan fingerprint density at radius 1 is 1.40 bits per heavy atom. The number of anilines is 1. The number of ether oxygens (including phenoxy) is 1. The maximum Gasteiger partial charge on any atom is 0.429 e. The van der Waals surface area contributed by atoms with Gasteiger partial charge in [-0.3, -0.25) is 9.78 Å². The van der Waals surface area contributed by atoms with Crippen molar-refractivity contribution >= 4 is 23.9 Å². The van der Waals surface area contributed by atoms with Gasteiger partial charge in [0.05, 0.1) is 31.4 Å². The highest BCUT2D eigenvalue weighted by molar-refractivity contribution is 6.05. The third-order valence-corrected chi connectivity index (χ3v) is 3.55. The Morgan fingerprint density at radius 3 is 2.76 bits per heavy atom. The molecule has 0 unspecified atom stereocenters. The molecule has 0 saturated carbocycles. The van der Waals surface area contributed by atoms with Gasteiger partial charge in [0.2, 0.25) is 0 Å². The number of carbonyl (C=O) groups is 2. The topological polar surface area (TPSA) is 92.9 Å². The summed E-state index contributed by atoms with van der Waals surface area (Å²) in [6, 6.07) is 3.59. The second-order valence-corrected chi connectivity index (χ2v) is 5.06. The molecular formula is C16H20N6O3. The number of imidazole rings is 1. The SMILES string of the molecule is CCN(C(=O)c1cnc(C=NN(C)C(=O)OC)n1C)c1cccnc1. The van der Waals surface area contributed by atoms with E-state index < -0.39 is 6.09 Å². The predicted octanol–water partition coefficient (Wildman–Crippen LogP) is 1.51. The zero-order valence-corrected chi connectivity index (χ0v) is 14.6. The fourth-order valence-corrected chi connectivity index (χ4v) is 2.16. The number of aromatic nitrogens is 3. The van der Waals surface area contributed by atoms with E-state index in [2.05, 4.69) is 19.8 Å². The average Bonchev–Trinajstić information content (AvgIpc) is 3.01. The van der Waals surface area contributed by atoms with Crippen molar-refractivity contribution in [3.63, 3.8) is 0 Å². The monoisotopic (exact) mass is 344 g/mol. The molecule has 0 aliphatic carbocycles. The summed E-state index contributed by atoms with van der Waals surface area (Å²) < 4.78 is 6.16. The van der Waals surface area contributed by atoms with Crippen molar-refractivity contribution in [3.8, 4) is 0 Å². The van der Waals surface area contributed by atoms with Gasteiger partial charge < -0.3 is 14.2 Å². The maximum absolute atomic E-state index is 12.8. The Kier molecular flexibility index (Phi) is 5.83. The molecule has 2 aromatic heterocycles. The molecule has 0 aromatic carbocycles. The smallest absolute Gasteiger partial charge is 0.429 e. The normalized spacial score (nSPS) is 10.7. The number of amides is 2. The minimum absolute atomic E-state index is 0.202. The van der Waals surface area contributed by atoms with E-state index in [1.54, 1.807) is 35.0 Å². The molecule has 0 aliphatic rings. The summed E-state index contributed by atoms with van der Waals surface area (Å²) in [6.07, 6.45) is 5.54. The van der Waals surface area contributed by atoms with E-state index in [-0.39, 0.29) is 5.91 Å². The van der Waals surface area contributed by atoms with Gasteiger partial charge in [-0.1, -0.05) is 0 Å². The van der Waals surface area contributed by atoms with Gasteiger partial charge in [-0.25, -0.2) is 14.8 Å². The highest BCUT2D eigenvalue weighted by atomic mass is 16.5. The van der Waals surface area contributed by atoms with Gasteiger partial charge in [-0.15, -0.1) is 0 Å². The van der Waals surface area contributed by atoms with E-state index in [1.165, 1.54) is 26.6 Å². The number of pyridine rings is 1. The van der Waals surface area contributed by atoms with Crippen LogP contribution in [-0.2, 0) is 11.8 Å². The van der Waals surface area contributed by atoms with Crippen LogP contribution in [0.5, 0.6) is 0 Å². The molecule has 0 radical (unpaired) electrons. The van der Waals surface area contributed by atoms with Crippen LogP contribution in [0.3, 0.4) is 0 Å². The predicted molar refractivity (Wildman–Crippen MR) is 92.6 cm³/mol. The van der Waals surface area contributed by atoms with Gasteiger partial charge in [0.1, 0.15) is 5.69 Å². The molecule has 0 fully saturated rings. The first-order valence-electron chi connectivity index (χ1n) is 7.58. The molecule has 2 aromatic rings. The van der Waals surface area contributed by atoms with Crippen LogP contribution in [0.1, 0.15) is 23.2 Å². The lowest BCUT2D eigenvalue weighted by Gasteiger charge is -2.20. The Balaban J connectivity index is 2.23. The lowest BCUT2D eigenvalue weighted by Crippen LogP contribution is -2.32. The van der Waals surface area contributed by atoms with E-state index >= 15 is 0 Å². The Bertz CT molecular complexity index is 771. The van der Waals surface area contributed by atoms with Crippen LogP contribution in [0.15, 0.2) is 35.8 Å². The fraction of sp³-hybridized carbons (Fsp3) is 0.312. The molecular weight excluding hydrogens is 324 g/mol. The number of carbonyl (C=O) groups excluding carboxylic acids is 2. The molecule has 132 valence electrons. The Labute approximate surface area is 145 Å². The number of hydrogen-bond acceptors (Lipinski definition) is 6. The summed E-state index contributed by atoms with van der Waals surface area (Å²) in [5.41, 5.74) is 1.10. The van der Waals surface area contributed by atoms with Crippen LogP contribution >= 0.6 is 0 Å². The largest absolute Gasteiger partial charge is 0.451 e. The maximum atomic E-state index is 12.8. The van der Waals surface area contributed by atoms with Gasteiger partial charge in [0, 0.05) is 26.8 Å². The zero-order valence-electron chi connectivity index (χ0n) is 14.6. The van der Waals surface area contributed by atoms with Gasteiger partial charge in [0.15, 0.2) is 5.82 Å². The molecule has 2 heterocycles. The molecule has 0 bridgehead atoms. The summed E-state index contributed by atoms with van der Waals surface area (Å²) in [6.45, 7) is 2.37. The van der Waals surface area contributed by atoms with Crippen LogP contribution in [0.4, 0.5) is 10.5 Å². The van der Waals surface area contributed by atoms with E-state index in [4.69, 9.17) is 0 Å². The summed E-state index contributed by atoms with van der Waals surface area (Å²) in [5.74, 6) is 0.229. The Hall–Kier alpha value is -3.23. The molecule has 9 nitrogen and oxygen atoms in total. The molecule has 25 heavy (non-hydrogen) atoms. The first-order valence-corrected chi connectivity index (χ1v) is 7.58. The van der Waals surface area contributed by atoms with E-state index in [0.717, 1.165) is 5.01 Å². The van der Waals surface area contributed by atoms with Crippen LogP contribution in [0.2, 0.25) is 0 Å². The minimum Gasteiger partial charge on any atom is -0.451 e. The van der Waals surface area contributed by atoms with Gasteiger partial charge in [0.25, 0.3) is 5.91 Å². The molecule has 2 amide bonds. The fourth-order valence-electron chi connectivity index (χ4n) is 2.16. The van der Waals surface area contributed by atoms with Crippen LogP contribution in [0.25, 0.3) is 0 Å². The highest BCUT2D eigenvalue weighted by Gasteiger charge is 2.20. The molecule has 0 spiro atoms. The number of hydrazone groups is 1. The van der Waals surface area contributed by atoms with Crippen molar-refractivity contribution in [3.05, 3.63) is 42.2 Å². The summed E-state index contributed by atoms with van der Waals surface area (Å²) >= 11 is 0. The van der Waals surface area contributed by atoms with Crippen molar-refractivity contribution < 1.29 is 14.3 Å². The second kappa shape index (κ2) is 8.04. The second-order valence-electron chi connectivity index (χ2n) is 5.06. The van der Waals surface area contributed by atoms with Crippen LogP contribution in [-0.4, -0.2) is 58.5 Å². The van der Waals surface area contributed by atoms with Crippen molar-refractivity contribution in [1.82, 2.24) is 19.5 Å². The summed E-state index contributed by atoms with van der Waals surface area (Å²) in [7, 11) is 4.43. The first kappa shape index (κ1) is 18.1. The van der Waals surface area contributed by atoms with E-state index in [0.29, 0.717) is 23.8 Å². The number of nitrogens with zero attached hydrogens (tertiary/aromatic N) is 6. The number of rotatable bonds is 5. The van der Waals surface area contributed by atoms with Crippen molar-refractivity contribution in [1.29, 1.82) is 0 Å². The van der Waals surface area contributed by atoms with Gasteiger partial charge in [-0.2, -0.15) is 5.10 Å². The van der Waals surface area contributed by atoms with Crippen LogP contribution in [0, 0.1) is 0 Å².